The van der Waals surface area contributed by atoms with E-state index in [4.69, 9.17) is 4.74 Å². The van der Waals surface area contributed by atoms with Crippen LogP contribution in [0.4, 0.5) is 0 Å². The first-order valence-electron chi connectivity index (χ1n) is 16.3. The Morgan fingerprint density at radius 3 is 2.44 bits per heavy atom. The number of aliphatic hydroxyl groups excluding tert-OH is 1. The molecule has 4 aliphatic rings. The molecule has 4 aliphatic carbocycles. The minimum Gasteiger partial charge on any atom is -0.478 e. The maximum absolute atomic E-state index is 13.1. The van der Waals surface area contributed by atoms with Crippen molar-refractivity contribution in [1.29, 1.82) is 0 Å². The SMILES string of the molecule is Cc1c(C(=O)O)cccc1C(=O)OC1CC[C@@]2(C)C(=CC(O)[C@H]3[C@@H]4CC[C@H]([C@H](C)CCCC(C)C)[C@@]4(C)CC[C@@H]32)C1. The highest BCUT2D eigenvalue weighted by Crippen LogP contribution is 2.67. The Morgan fingerprint density at radius 2 is 1.73 bits per heavy atom. The fraction of sp³-hybridized carbons (Fsp3) is 0.722. The van der Waals surface area contributed by atoms with Crippen LogP contribution in [0.15, 0.2) is 29.8 Å². The van der Waals surface area contributed by atoms with Crippen LogP contribution in [0.1, 0.15) is 125 Å². The van der Waals surface area contributed by atoms with Crippen LogP contribution in [0.5, 0.6) is 0 Å². The summed E-state index contributed by atoms with van der Waals surface area (Å²) in [5.74, 6) is 2.13. The number of aromatic carboxylic acids is 1. The van der Waals surface area contributed by atoms with Gasteiger partial charge >= 0.3 is 11.9 Å². The van der Waals surface area contributed by atoms with E-state index < -0.39 is 18.0 Å². The van der Waals surface area contributed by atoms with Gasteiger partial charge in [0.25, 0.3) is 0 Å². The molecule has 3 saturated carbocycles. The van der Waals surface area contributed by atoms with Gasteiger partial charge in [-0.1, -0.05) is 71.6 Å². The van der Waals surface area contributed by atoms with E-state index >= 15 is 0 Å². The number of ether oxygens (including phenoxy) is 1. The standard InChI is InChI=1S/C36H52O5/c1-21(2)9-7-10-22(3)28-13-14-29-32-30(16-18-36(28,29)6)35(5)17-15-25(19-24(35)20-31(32)37)41-34(40)27-12-8-11-26(23(27)4)33(38)39/h8,11-12,20-22,25,28-32,37H,7,9-10,13-19H2,1-6H3,(H,38,39)/t22-,25?,28-,29+,30+,31?,32+,35+,36-/m1/s1. The molecule has 0 spiro atoms. The lowest BCUT2D eigenvalue weighted by Crippen LogP contribution is -2.55. The summed E-state index contributed by atoms with van der Waals surface area (Å²) in [4.78, 5) is 24.6. The normalized spacial score (nSPS) is 37.0. The van der Waals surface area contributed by atoms with Crippen molar-refractivity contribution in [2.24, 2.45) is 46.3 Å². The van der Waals surface area contributed by atoms with Crippen LogP contribution in [0.2, 0.25) is 0 Å². The third-order valence-corrected chi connectivity index (χ3v) is 12.3. The number of carboxylic acid groups (broad SMARTS) is 1. The van der Waals surface area contributed by atoms with E-state index in [1.54, 1.807) is 19.1 Å². The van der Waals surface area contributed by atoms with E-state index in [9.17, 15) is 19.8 Å². The van der Waals surface area contributed by atoms with Crippen molar-refractivity contribution in [3.05, 3.63) is 46.5 Å². The second kappa shape index (κ2) is 11.5. The molecule has 5 rings (SSSR count). The molecule has 41 heavy (non-hydrogen) atoms. The van der Waals surface area contributed by atoms with Gasteiger partial charge < -0.3 is 14.9 Å². The average Bonchev–Trinajstić information content (AvgIpc) is 3.26. The molecule has 2 N–H and O–H groups in total. The number of carboxylic acids is 1. The van der Waals surface area contributed by atoms with Crippen molar-refractivity contribution in [3.63, 3.8) is 0 Å². The second-order valence-electron chi connectivity index (χ2n) is 15.0. The molecular formula is C36H52O5. The summed E-state index contributed by atoms with van der Waals surface area (Å²) in [5, 5.41) is 21.1. The molecule has 5 nitrogen and oxygen atoms in total. The van der Waals surface area contributed by atoms with Crippen LogP contribution in [0, 0.1) is 53.3 Å². The van der Waals surface area contributed by atoms with Gasteiger partial charge in [-0.05, 0) is 109 Å². The van der Waals surface area contributed by atoms with Crippen LogP contribution in [-0.2, 0) is 4.74 Å². The van der Waals surface area contributed by atoms with Gasteiger partial charge in [-0.15, -0.1) is 0 Å². The molecule has 0 radical (unpaired) electrons. The first-order chi connectivity index (χ1) is 19.4. The molecule has 0 aliphatic heterocycles. The number of benzene rings is 1. The van der Waals surface area contributed by atoms with Crippen molar-refractivity contribution < 1.29 is 24.5 Å². The second-order valence-corrected chi connectivity index (χ2v) is 15.0. The number of hydrogen-bond acceptors (Lipinski definition) is 4. The van der Waals surface area contributed by atoms with Crippen molar-refractivity contribution in [1.82, 2.24) is 0 Å². The third kappa shape index (κ3) is 5.41. The Kier molecular flexibility index (Phi) is 8.51. The number of esters is 1. The summed E-state index contributed by atoms with van der Waals surface area (Å²) in [5.41, 5.74) is 2.49. The van der Waals surface area contributed by atoms with Gasteiger partial charge in [-0.2, -0.15) is 0 Å². The van der Waals surface area contributed by atoms with E-state index in [1.165, 1.54) is 56.6 Å². The molecule has 1 aromatic rings. The maximum atomic E-state index is 13.1. The Morgan fingerprint density at radius 1 is 1.00 bits per heavy atom. The minimum absolute atomic E-state index is 0.0360. The summed E-state index contributed by atoms with van der Waals surface area (Å²) in [6.45, 7) is 13.8. The number of aliphatic hydroxyl groups is 1. The van der Waals surface area contributed by atoms with Crippen molar-refractivity contribution in [3.8, 4) is 0 Å². The number of carbonyl (C=O) groups is 2. The number of rotatable bonds is 8. The van der Waals surface area contributed by atoms with Crippen molar-refractivity contribution >= 4 is 11.9 Å². The molecule has 0 saturated heterocycles. The van der Waals surface area contributed by atoms with E-state index in [0.717, 1.165) is 30.6 Å². The topological polar surface area (TPSA) is 83.8 Å². The molecule has 1 aromatic carbocycles. The van der Waals surface area contributed by atoms with E-state index in [0.29, 0.717) is 40.7 Å². The first-order valence-corrected chi connectivity index (χ1v) is 16.3. The van der Waals surface area contributed by atoms with Gasteiger partial charge in [0.1, 0.15) is 6.10 Å². The lowest BCUT2D eigenvalue weighted by Gasteiger charge is -2.59. The number of hydrogen-bond donors (Lipinski definition) is 2. The van der Waals surface area contributed by atoms with Crippen LogP contribution in [-0.4, -0.2) is 34.4 Å². The summed E-state index contributed by atoms with van der Waals surface area (Å²) in [6.07, 6.45) is 12.8. The largest absolute Gasteiger partial charge is 0.478 e. The molecule has 2 unspecified atom stereocenters. The smallest absolute Gasteiger partial charge is 0.338 e. The number of fused-ring (bicyclic) bond motifs is 5. The Labute approximate surface area is 247 Å². The van der Waals surface area contributed by atoms with Gasteiger partial charge in [0, 0.05) is 6.42 Å². The van der Waals surface area contributed by atoms with Gasteiger partial charge in [0.2, 0.25) is 0 Å². The molecule has 0 aromatic heterocycles. The quantitative estimate of drug-likeness (QED) is 0.245. The zero-order valence-electron chi connectivity index (χ0n) is 26.1. The van der Waals surface area contributed by atoms with E-state index in [1.807, 2.05) is 0 Å². The lowest BCUT2D eigenvalue weighted by molar-refractivity contribution is -0.0978. The predicted octanol–water partition coefficient (Wildman–Crippen LogP) is 8.23. The molecule has 9 atom stereocenters. The maximum Gasteiger partial charge on any atom is 0.338 e. The van der Waals surface area contributed by atoms with Gasteiger partial charge in [-0.3, -0.25) is 0 Å². The molecule has 226 valence electrons. The third-order valence-electron chi connectivity index (χ3n) is 12.3. The van der Waals surface area contributed by atoms with Gasteiger partial charge in [0.05, 0.1) is 17.2 Å². The summed E-state index contributed by atoms with van der Waals surface area (Å²) >= 11 is 0. The average molecular weight is 565 g/mol. The molecule has 0 bridgehead atoms. The highest BCUT2D eigenvalue weighted by molar-refractivity contribution is 5.97. The summed E-state index contributed by atoms with van der Waals surface area (Å²) in [7, 11) is 0. The van der Waals surface area contributed by atoms with Crippen molar-refractivity contribution in [2.45, 2.75) is 118 Å². The predicted molar refractivity (Wildman–Crippen MR) is 162 cm³/mol. The summed E-state index contributed by atoms with van der Waals surface area (Å²) in [6, 6.07) is 4.76. The molecule has 0 heterocycles. The van der Waals surface area contributed by atoms with Crippen LogP contribution in [0.25, 0.3) is 0 Å². The van der Waals surface area contributed by atoms with Crippen molar-refractivity contribution in [2.75, 3.05) is 0 Å². The Hall–Kier alpha value is -2.14. The minimum atomic E-state index is -1.04. The monoisotopic (exact) mass is 564 g/mol. The van der Waals surface area contributed by atoms with Crippen LogP contribution < -0.4 is 0 Å². The zero-order chi connectivity index (χ0) is 29.7. The Bertz CT molecular complexity index is 1180. The molecule has 5 heteroatoms. The van der Waals surface area contributed by atoms with Crippen LogP contribution >= 0.6 is 0 Å². The van der Waals surface area contributed by atoms with E-state index in [2.05, 4.69) is 40.7 Å². The van der Waals surface area contributed by atoms with Gasteiger partial charge in [-0.25, -0.2) is 9.59 Å². The highest BCUT2D eigenvalue weighted by atomic mass is 16.5. The van der Waals surface area contributed by atoms with Gasteiger partial charge in [0.15, 0.2) is 0 Å². The van der Waals surface area contributed by atoms with E-state index in [-0.39, 0.29) is 17.1 Å². The fourth-order valence-electron chi connectivity index (χ4n) is 10.0. The molecule has 0 amide bonds. The lowest BCUT2D eigenvalue weighted by atomic mass is 9.46. The van der Waals surface area contributed by atoms with Crippen LogP contribution in [0.3, 0.4) is 0 Å². The molecule has 3 fully saturated rings. The zero-order valence-corrected chi connectivity index (χ0v) is 26.1. The first kappa shape index (κ1) is 30.3. The summed E-state index contributed by atoms with van der Waals surface area (Å²) < 4.78 is 5.98. The number of carbonyl (C=O) groups excluding carboxylic acids is 1. The Balaban J connectivity index is 1.29. The highest BCUT2D eigenvalue weighted by Gasteiger charge is 2.61. The fourth-order valence-corrected chi connectivity index (χ4v) is 10.0. The molecular weight excluding hydrogens is 512 g/mol.